The highest BCUT2D eigenvalue weighted by Gasteiger charge is 2.10. The fraction of sp³-hybridized carbons (Fsp3) is 0.250. The van der Waals surface area contributed by atoms with Crippen LogP contribution in [0.15, 0.2) is 22.7 Å². The molecular weight excluding hydrogens is 263 g/mol. The van der Waals surface area contributed by atoms with Crippen molar-refractivity contribution in [2.75, 3.05) is 7.11 Å². The monoisotopic (exact) mass is 268 g/mol. The van der Waals surface area contributed by atoms with Gasteiger partial charge in [0, 0.05) is 10.0 Å². The van der Waals surface area contributed by atoms with Crippen molar-refractivity contribution in [2.24, 2.45) is 0 Å². The molecule has 4 heteroatoms. The van der Waals surface area contributed by atoms with E-state index in [2.05, 4.69) is 15.9 Å². The van der Waals surface area contributed by atoms with E-state index in [0.29, 0.717) is 5.75 Å². The van der Waals surface area contributed by atoms with Crippen molar-refractivity contribution in [3.63, 3.8) is 0 Å². The molecule has 0 unspecified atom stereocenters. The Morgan fingerprint density at radius 3 is 2.58 bits per heavy atom. The second-order valence-electron chi connectivity index (χ2n) is 2.19. The third-order valence-corrected chi connectivity index (χ3v) is 2.39. The number of alkyl halides is 2. The molecule has 0 heterocycles. The lowest BCUT2D eigenvalue weighted by molar-refractivity contribution is 0.411. The normalized spacial score (nSPS) is 10.4. The topological polar surface area (TPSA) is 9.23 Å². The molecule has 0 saturated heterocycles. The Bertz CT molecular complexity index is 276. The van der Waals surface area contributed by atoms with Crippen molar-refractivity contribution in [1.82, 2.24) is 0 Å². The van der Waals surface area contributed by atoms with E-state index >= 15 is 0 Å². The minimum absolute atomic E-state index is 0.558. The van der Waals surface area contributed by atoms with E-state index in [1.807, 2.05) is 18.2 Å². The first-order valence-corrected chi connectivity index (χ1v) is 4.93. The van der Waals surface area contributed by atoms with Gasteiger partial charge in [0.05, 0.1) is 7.11 Å². The van der Waals surface area contributed by atoms with Crippen LogP contribution in [0, 0.1) is 0 Å². The lowest BCUT2D eigenvalue weighted by Gasteiger charge is -2.08. The molecule has 0 N–H and O–H groups in total. The molecule has 12 heavy (non-hydrogen) atoms. The lowest BCUT2D eigenvalue weighted by Crippen LogP contribution is -1.90. The zero-order chi connectivity index (χ0) is 9.14. The zero-order valence-corrected chi connectivity index (χ0v) is 9.45. The Hall–Kier alpha value is 0.0800. The quantitative estimate of drug-likeness (QED) is 0.739. The molecule has 0 fully saturated rings. The van der Waals surface area contributed by atoms with Gasteiger partial charge in [-0.2, -0.15) is 0 Å². The van der Waals surface area contributed by atoms with Gasteiger partial charge in [0.25, 0.3) is 0 Å². The van der Waals surface area contributed by atoms with Gasteiger partial charge in [0.1, 0.15) is 10.6 Å². The third kappa shape index (κ3) is 2.28. The minimum atomic E-state index is -0.558. The summed E-state index contributed by atoms with van der Waals surface area (Å²) in [6.45, 7) is 0. The molecule has 1 aromatic rings. The van der Waals surface area contributed by atoms with Gasteiger partial charge in [-0.25, -0.2) is 0 Å². The molecule has 0 aliphatic heterocycles. The molecule has 0 radical (unpaired) electrons. The van der Waals surface area contributed by atoms with E-state index < -0.39 is 4.84 Å². The predicted octanol–water partition coefficient (Wildman–Crippen LogP) is 3.93. The maximum absolute atomic E-state index is 5.72. The first kappa shape index (κ1) is 10.2. The smallest absolute Gasteiger partial charge is 0.136 e. The summed E-state index contributed by atoms with van der Waals surface area (Å²) < 4.78 is 6.01. The largest absolute Gasteiger partial charge is 0.496 e. The molecule has 0 saturated carbocycles. The van der Waals surface area contributed by atoms with Crippen molar-refractivity contribution >= 4 is 39.1 Å². The van der Waals surface area contributed by atoms with Crippen LogP contribution in [0.2, 0.25) is 0 Å². The number of methoxy groups -OCH3 is 1. The molecule has 0 amide bonds. The van der Waals surface area contributed by atoms with Crippen molar-refractivity contribution in [1.29, 1.82) is 0 Å². The van der Waals surface area contributed by atoms with E-state index in [1.165, 1.54) is 0 Å². The van der Waals surface area contributed by atoms with Crippen LogP contribution in [-0.2, 0) is 0 Å². The number of ether oxygens (including phenoxy) is 1. The summed E-state index contributed by atoms with van der Waals surface area (Å²) in [7, 11) is 1.59. The standard InChI is InChI=1S/C8H7BrCl2O/c1-12-7-3-2-5(9)4-6(7)8(10)11/h2-4,8H,1H3. The van der Waals surface area contributed by atoms with Crippen molar-refractivity contribution < 1.29 is 4.74 Å². The van der Waals surface area contributed by atoms with Crippen LogP contribution in [0.5, 0.6) is 5.75 Å². The molecular formula is C8H7BrCl2O. The average molecular weight is 270 g/mol. The Balaban J connectivity index is 3.12. The predicted molar refractivity (Wildman–Crippen MR) is 55.1 cm³/mol. The Labute approximate surface area is 89.7 Å². The van der Waals surface area contributed by atoms with Crippen molar-refractivity contribution in [2.45, 2.75) is 4.84 Å². The molecule has 1 rings (SSSR count). The summed E-state index contributed by atoms with van der Waals surface area (Å²) in [4.78, 5) is -0.558. The highest BCUT2D eigenvalue weighted by molar-refractivity contribution is 9.10. The highest BCUT2D eigenvalue weighted by Crippen LogP contribution is 2.34. The fourth-order valence-corrected chi connectivity index (χ4v) is 1.60. The van der Waals surface area contributed by atoms with Crippen LogP contribution in [0.3, 0.4) is 0 Å². The third-order valence-electron chi connectivity index (χ3n) is 1.43. The molecule has 0 aliphatic carbocycles. The van der Waals surface area contributed by atoms with Crippen LogP contribution >= 0.6 is 39.1 Å². The van der Waals surface area contributed by atoms with Crippen molar-refractivity contribution in [3.05, 3.63) is 28.2 Å². The Morgan fingerprint density at radius 2 is 2.08 bits per heavy atom. The van der Waals surface area contributed by atoms with E-state index in [1.54, 1.807) is 7.11 Å². The fourth-order valence-electron chi connectivity index (χ4n) is 0.876. The number of hydrogen-bond donors (Lipinski definition) is 0. The van der Waals surface area contributed by atoms with Crippen LogP contribution in [0.4, 0.5) is 0 Å². The molecule has 1 nitrogen and oxygen atoms in total. The molecule has 0 bridgehead atoms. The SMILES string of the molecule is COc1ccc(Br)cc1C(Cl)Cl. The Morgan fingerprint density at radius 1 is 1.42 bits per heavy atom. The summed E-state index contributed by atoms with van der Waals surface area (Å²) >= 11 is 14.8. The second-order valence-corrected chi connectivity index (χ2v) is 4.20. The van der Waals surface area contributed by atoms with Gasteiger partial charge in [-0.15, -0.1) is 0 Å². The van der Waals surface area contributed by atoms with Crippen molar-refractivity contribution in [3.8, 4) is 5.75 Å². The Kier molecular flexibility index (Phi) is 3.69. The van der Waals surface area contributed by atoms with Gasteiger partial charge in [0.15, 0.2) is 0 Å². The zero-order valence-electron chi connectivity index (χ0n) is 6.35. The number of halogens is 3. The first-order chi connectivity index (χ1) is 5.65. The molecule has 0 aromatic heterocycles. The number of hydrogen-bond acceptors (Lipinski definition) is 1. The van der Waals surface area contributed by atoms with Crippen LogP contribution < -0.4 is 4.74 Å². The lowest BCUT2D eigenvalue weighted by atomic mass is 10.2. The summed E-state index contributed by atoms with van der Waals surface area (Å²) in [6.07, 6.45) is 0. The number of benzene rings is 1. The highest BCUT2D eigenvalue weighted by atomic mass is 79.9. The molecule has 1 aromatic carbocycles. The van der Waals surface area contributed by atoms with Crippen LogP contribution in [0.25, 0.3) is 0 Å². The summed E-state index contributed by atoms with van der Waals surface area (Å²) in [6, 6.07) is 5.53. The summed E-state index contributed by atoms with van der Waals surface area (Å²) in [5, 5.41) is 0. The van der Waals surface area contributed by atoms with E-state index in [-0.39, 0.29) is 0 Å². The molecule has 0 atom stereocenters. The molecule has 0 aliphatic rings. The van der Waals surface area contributed by atoms with Gasteiger partial charge >= 0.3 is 0 Å². The van der Waals surface area contributed by atoms with Gasteiger partial charge in [0.2, 0.25) is 0 Å². The van der Waals surface area contributed by atoms with Gasteiger partial charge in [-0.3, -0.25) is 0 Å². The van der Waals surface area contributed by atoms with E-state index in [4.69, 9.17) is 27.9 Å². The number of rotatable bonds is 2. The maximum Gasteiger partial charge on any atom is 0.136 e. The maximum atomic E-state index is 5.72. The van der Waals surface area contributed by atoms with E-state index in [9.17, 15) is 0 Å². The van der Waals surface area contributed by atoms with Gasteiger partial charge < -0.3 is 4.74 Å². The van der Waals surface area contributed by atoms with Crippen LogP contribution in [-0.4, -0.2) is 7.11 Å². The van der Waals surface area contributed by atoms with Crippen LogP contribution in [0.1, 0.15) is 10.4 Å². The van der Waals surface area contributed by atoms with E-state index in [0.717, 1.165) is 10.0 Å². The average Bonchev–Trinajstić information content (AvgIpc) is 2.04. The summed E-state index contributed by atoms with van der Waals surface area (Å²) in [5.74, 6) is 0.702. The van der Waals surface area contributed by atoms with Gasteiger partial charge in [-0.1, -0.05) is 39.1 Å². The van der Waals surface area contributed by atoms with Gasteiger partial charge in [-0.05, 0) is 18.2 Å². The first-order valence-electron chi connectivity index (χ1n) is 3.26. The molecule has 0 spiro atoms. The molecule has 66 valence electrons. The summed E-state index contributed by atoms with van der Waals surface area (Å²) in [5.41, 5.74) is 0.773. The minimum Gasteiger partial charge on any atom is -0.496 e. The second kappa shape index (κ2) is 4.35.